The fourth-order valence-corrected chi connectivity index (χ4v) is 2.97. The van der Waals surface area contributed by atoms with Gasteiger partial charge in [-0.1, -0.05) is 35.3 Å². The van der Waals surface area contributed by atoms with Gasteiger partial charge >= 0.3 is 0 Å². The monoisotopic (exact) mass is 369 g/mol. The summed E-state index contributed by atoms with van der Waals surface area (Å²) in [7, 11) is 0. The van der Waals surface area contributed by atoms with Crippen LogP contribution in [-0.2, 0) is 6.54 Å². The molecule has 0 saturated heterocycles. The number of para-hydroxylation sites is 2. The minimum atomic E-state index is 0.334. The first-order valence-corrected chi connectivity index (χ1v) is 8.44. The molecule has 0 saturated carbocycles. The molecule has 4 nitrogen and oxygen atoms in total. The van der Waals surface area contributed by atoms with Gasteiger partial charge in [-0.2, -0.15) is 0 Å². The minimum Gasteiger partial charge on any atom is -0.467 e. The molecule has 2 heterocycles. The number of fused-ring (bicyclic) bond motifs is 1. The van der Waals surface area contributed by atoms with Crippen molar-refractivity contribution < 1.29 is 4.42 Å². The smallest absolute Gasteiger partial charge is 0.172 e. The third-order valence-corrected chi connectivity index (χ3v) is 4.30. The van der Waals surface area contributed by atoms with Crippen molar-refractivity contribution in [2.45, 2.75) is 6.54 Å². The first-order chi connectivity index (χ1) is 12.2. The molecular weight excluding hydrogens is 357 g/mol. The summed E-state index contributed by atoms with van der Waals surface area (Å²) in [5, 5.41) is 0.998. The first-order valence-electron chi connectivity index (χ1n) is 7.68. The minimum absolute atomic E-state index is 0.334. The van der Waals surface area contributed by atoms with E-state index < -0.39 is 0 Å². The molecule has 2 aromatic carbocycles. The quantitative estimate of drug-likeness (QED) is 0.451. The van der Waals surface area contributed by atoms with Crippen LogP contribution in [0.3, 0.4) is 0 Å². The van der Waals surface area contributed by atoms with Gasteiger partial charge in [0.05, 0.1) is 23.8 Å². The zero-order chi connectivity index (χ0) is 17.2. The van der Waals surface area contributed by atoms with Crippen LogP contribution in [0.1, 0.15) is 5.76 Å². The van der Waals surface area contributed by atoms with Gasteiger partial charge in [0.15, 0.2) is 11.0 Å². The molecule has 0 aliphatic carbocycles. The molecule has 2 aromatic heterocycles. The number of aromatic nitrogens is 2. The third kappa shape index (κ3) is 3.31. The predicted molar refractivity (Wildman–Crippen MR) is 101 cm³/mol. The maximum absolute atomic E-state index is 6.45. The molecule has 25 heavy (non-hydrogen) atoms. The zero-order valence-electron chi connectivity index (χ0n) is 13.1. The molecule has 0 aliphatic heterocycles. The lowest BCUT2D eigenvalue weighted by Gasteiger charge is -2.23. The fraction of sp³-hybridized carbons (Fsp3) is 0.0526. The summed E-state index contributed by atoms with van der Waals surface area (Å²) in [5.41, 5.74) is 2.43. The van der Waals surface area contributed by atoms with Crippen LogP contribution >= 0.6 is 23.2 Å². The average Bonchev–Trinajstić information content (AvgIpc) is 3.13. The van der Waals surface area contributed by atoms with Crippen LogP contribution in [0.5, 0.6) is 0 Å². The summed E-state index contributed by atoms with van der Waals surface area (Å²) in [6, 6.07) is 18.9. The van der Waals surface area contributed by atoms with Crippen molar-refractivity contribution in [1.29, 1.82) is 0 Å². The van der Waals surface area contributed by atoms with Gasteiger partial charge in [0.2, 0.25) is 0 Å². The normalized spacial score (nSPS) is 11.0. The number of hydrogen-bond donors (Lipinski definition) is 0. The maximum Gasteiger partial charge on any atom is 0.172 e. The molecule has 0 amide bonds. The molecule has 0 atom stereocenters. The number of rotatable bonds is 4. The van der Waals surface area contributed by atoms with Gasteiger partial charge in [0.25, 0.3) is 0 Å². The highest BCUT2D eigenvalue weighted by molar-refractivity contribution is 6.32. The second-order valence-corrected chi connectivity index (χ2v) is 6.26. The van der Waals surface area contributed by atoms with Crippen LogP contribution in [0.2, 0.25) is 10.2 Å². The molecule has 0 aliphatic rings. The summed E-state index contributed by atoms with van der Waals surface area (Å²) in [6.07, 6.45) is 1.64. The van der Waals surface area contributed by atoms with Gasteiger partial charge in [0.1, 0.15) is 5.76 Å². The summed E-state index contributed by atoms with van der Waals surface area (Å²) in [4.78, 5) is 11.1. The highest BCUT2D eigenvalue weighted by atomic mass is 35.5. The van der Waals surface area contributed by atoms with Crippen molar-refractivity contribution in [2.24, 2.45) is 0 Å². The molecule has 0 radical (unpaired) electrons. The molecule has 4 rings (SSSR count). The maximum atomic E-state index is 6.45. The Labute approximate surface area is 154 Å². The van der Waals surface area contributed by atoms with Crippen LogP contribution in [0.15, 0.2) is 71.3 Å². The number of anilines is 2. The molecule has 0 spiro atoms. The highest BCUT2D eigenvalue weighted by Crippen LogP contribution is 2.32. The van der Waals surface area contributed by atoms with Crippen molar-refractivity contribution in [3.8, 4) is 0 Å². The Balaban J connectivity index is 1.84. The standard InChI is InChI=1S/C19H13Cl2N3O/c20-13-7-9-14(10-8-13)24(12-15-4-3-11-25-15)19-18(21)22-16-5-1-2-6-17(16)23-19/h1-11H,12H2. The van der Waals surface area contributed by atoms with E-state index in [0.29, 0.717) is 22.5 Å². The van der Waals surface area contributed by atoms with E-state index >= 15 is 0 Å². The summed E-state index contributed by atoms with van der Waals surface area (Å²) < 4.78 is 5.50. The van der Waals surface area contributed by atoms with E-state index in [1.54, 1.807) is 6.26 Å². The lowest BCUT2D eigenvalue weighted by molar-refractivity contribution is 0.510. The van der Waals surface area contributed by atoms with Crippen molar-refractivity contribution >= 4 is 45.7 Å². The number of nitrogens with zero attached hydrogens (tertiary/aromatic N) is 3. The largest absolute Gasteiger partial charge is 0.467 e. The molecule has 0 fully saturated rings. The first kappa shape index (κ1) is 15.9. The third-order valence-electron chi connectivity index (χ3n) is 3.80. The van der Waals surface area contributed by atoms with Gasteiger partial charge in [-0.3, -0.25) is 0 Å². The van der Waals surface area contributed by atoms with E-state index in [1.165, 1.54) is 0 Å². The second-order valence-electron chi connectivity index (χ2n) is 5.47. The highest BCUT2D eigenvalue weighted by Gasteiger charge is 2.18. The van der Waals surface area contributed by atoms with Crippen molar-refractivity contribution in [1.82, 2.24) is 9.97 Å². The van der Waals surface area contributed by atoms with Crippen molar-refractivity contribution in [2.75, 3.05) is 4.90 Å². The van der Waals surface area contributed by atoms with Gasteiger partial charge in [0, 0.05) is 10.7 Å². The van der Waals surface area contributed by atoms with Crippen LogP contribution in [0, 0.1) is 0 Å². The Kier molecular flexibility index (Phi) is 4.30. The van der Waals surface area contributed by atoms with Crippen molar-refractivity contribution in [3.63, 3.8) is 0 Å². The number of benzene rings is 2. The Morgan fingerprint density at radius 3 is 2.24 bits per heavy atom. The van der Waals surface area contributed by atoms with E-state index in [9.17, 15) is 0 Å². The second kappa shape index (κ2) is 6.75. The molecule has 124 valence electrons. The lowest BCUT2D eigenvalue weighted by atomic mass is 10.2. The van der Waals surface area contributed by atoms with E-state index in [2.05, 4.69) is 4.98 Å². The molecule has 0 unspecified atom stereocenters. The summed E-state index contributed by atoms with van der Waals surface area (Å²) in [5.74, 6) is 1.36. The topological polar surface area (TPSA) is 42.2 Å². The molecule has 6 heteroatoms. The molecule has 0 N–H and O–H groups in total. The molecule has 0 bridgehead atoms. The zero-order valence-corrected chi connectivity index (χ0v) is 14.6. The van der Waals surface area contributed by atoms with E-state index in [0.717, 1.165) is 22.5 Å². The predicted octanol–water partition coefficient (Wildman–Crippen LogP) is 5.87. The van der Waals surface area contributed by atoms with Crippen LogP contribution in [-0.4, -0.2) is 9.97 Å². The average molecular weight is 370 g/mol. The number of furan rings is 1. The Morgan fingerprint density at radius 2 is 1.56 bits per heavy atom. The van der Waals surface area contributed by atoms with Gasteiger partial charge < -0.3 is 9.32 Å². The van der Waals surface area contributed by atoms with Crippen LogP contribution in [0.25, 0.3) is 11.0 Å². The molecular formula is C19H13Cl2N3O. The fourth-order valence-electron chi connectivity index (χ4n) is 2.61. The Bertz CT molecular complexity index is 1000. The van der Waals surface area contributed by atoms with Crippen LogP contribution < -0.4 is 4.90 Å². The lowest BCUT2D eigenvalue weighted by Crippen LogP contribution is -2.18. The molecule has 4 aromatic rings. The Morgan fingerprint density at radius 1 is 0.840 bits per heavy atom. The number of hydrogen-bond acceptors (Lipinski definition) is 4. The number of halogens is 2. The summed E-state index contributed by atoms with van der Waals surface area (Å²) in [6.45, 7) is 0.474. The SMILES string of the molecule is Clc1ccc(N(Cc2ccco2)c2nc3ccccc3nc2Cl)cc1. The van der Waals surface area contributed by atoms with E-state index in [1.807, 2.05) is 65.6 Å². The van der Waals surface area contributed by atoms with E-state index in [-0.39, 0.29) is 0 Å². The van der Waals surface area contributed by atoms with E-state index in [4.69, 9.17) is 32.6 Å². The van der Waals surface area contributed by atoms with Gasteiger partial charge in [-0.15, -0.1) is 0 Å². The Hall–Kier alpha value is -2.56. The summed E-state index contributed by atoms with van der Waals surface area (Å²) >= 11 is 12.5. The van der Waals surface area contributed by atoms with Gasteiger partial charge in [-0.05, 0) is 48.5 Å². The van der Waals surface area contributed by atoms with Crippen molar-refractivity contribution in [3.05, 3.63) is 82.9 Å². The van der Waals surface area contributed by atoms with Gasteiger partial charge in [-0.25, -0.2) is 9.97 Å². The van der Waals surface area contributed by atoms with Crippen LogP contribution in [0.4, 0.5) is 11.5 Å².